The van der Waals surface area contributed by atoms with E-state index in [1.54, 1.807) is 18.5 Å². The molecule has 0 aliphatic carbocycles. The minimum Gasteiger partial charge on any atom is -0.440 e. The second-order valence-electron chi connectivity index (χ2n) is 2.48. The van der Waals surface area contributed by atoms with Gasteiger partial charge in [0, 0.05) is 6.20 Å². The van der Waals surface area contributed by atoms with Gasteiger partial charge in [-0.05, 0) is 6.07 Å². The minimum atomic E-state index is 0.475. The molecule has 2 aromatic heterocycles. The van der Waals surface area contributed by atoms with Gasteiger partial charge in [0.2, 0.25) is 0 Å². The Morgan fingerprint density at radius 1 is 1.36 bits per heavy atom. The van der Waals surface area contributed by atoms with Crippen LogP contribution in [0, 0.1) is 0 Å². The maximum absolute atomic E-state index is 5.51. The molecule has 14 heavy (non-hydrogen) atoms. The van der Waals surface area contributed by atoms with Crippen molar-refractivity contribution in [3.8, 4) is 0 Å². The van der Waals surface area contributed by atoms with Crippen LogP contribution < -0.4 is 5.73 Å². The van der Waals surface area contributed by atoms with E-state index in [2.05, 4.69) is 15.0 Å². The van der Waals surface area contributed by atoms with Gasteiger partial charge in [0.05, 0.1) is 11.9 Å². The van der Waals surface area contributed by atoms with Crippen LogP contribution in [0.25, 0.3) is 0 Å². The lowest BCUT2D eigenvalue weighted by atomic mass is 10.5. The topological polar surface area (TPSA) is 77.8 Å². The van der Waals surface area contributed by atoms with Gasteiger partial charge in [-0.15, -0.1) is 0 Å². The number of hydrogen-bond donors (Lipinski definition) is 1. The average molecular weight is 208 g/mol. The average Bonchev–Trinajstić information content (AvgIpc) is 2.67. The lowest BCUT2D eigenvalue weighted by molar-refractivity contribution is 0.454. The molecule has 0 aliphatic heterocycles. The van der Waals surface area contributed by atoms with Crippen molar-refractivity contribution in [1.29, 1.82) is 0 Å². The van der Waals surface area contributed by atoms with E-state index in [4.69, 9.17) is 10.2 Å². The normalized spacial score (nSPS) is 10.3. The number of nitrogens with two attached hydrogens (primary N) is 1. The van der Waals surface area contributed by atoms with Crippen LogP contribution in [0.1, 0.15) is 5.82 Å². The fourth-order valence-corrected chi connectivity index (χ4v) is 1.54. The summed E-state index contributed by atoms with van der Waals surface area (Å²) in [7, 11) is 0. The molecular weight excluding hydrogens is 200 g/mol. The van der Waals surface area contributed by atoms with Crippen LogP contribution in [0.3, 0.4) is 0 Å². The van der Waals surface area contributed by atoms with Crippen LogP contribution in [0.2, 0.25) is 0 Å². The van der Waals surface area contributed by atoms with Gasteiger partial charge in [-0.3, -0.25) is 0 Å². The van der Waals surface area contributed by atoms with Crippen LogP contribution >= 0.6 is 11.8 Å². The molecule has 2 N–H and O–H groups in total. The van der Waals surface area contributed by atoms with Crippen molar-refractivity contribution in [1.82, 2.24) is 15.0 Å². The fourth-order valence-electron chi connectivity index (χ4n) is 0.892. The van der Waals surface area contributed by atoms with Gasteiger partial charge in [0.1, 0.15) is 17.9 Å². The zero-order valence-corrected chi connectivity index (χ0v) is 8.07. The Hall–Kier alpha value is -1.56. The van der Waals surface area contributed by atoms with Crippen molar-refractivity contribution in [3.63, 3.8) is 0 Å². The van der Waals surface area contributed by atoms with E-state index in [0.29, 0.717) is 22.6 Å². The zero-order valence-electron chi connectivity index (χ0n) is 7.25. The third-order valence-corrected chi connectivity index (χ3v) is 2.31. The number of hydrogen-bond acceptors (Lipinski definition) is 6. The number of anilines is 1. The van der Waals surface area contributed by atoms with Crippen molar-refractivity contribution < 1.29 is 4.42 Å². The Kier molecular flexibility index (Phi) is 2.64. The van der Waals surface area contributed by atoms with Crippen LogP contribution in [0.4, 0.5) is 5.82 Å². The van der Waals surface area contributed by atoms with E-state index >= 15 is 0 Å². The van der Waals surface area contributed by atoms with Crippen LogP contribution in [-0.2, 0) is 5.75 Å². The third-order valence-electron chi connectivity index (χ3n) is 1.46. The first-order valence-corrected chi connectivity index (χ1v) is 4.93. The van der Waals surface area contributed by atoms with Crippen molar-refractivity contribution >= 4 is 17.6 Å². The number of nitrogens with zero attached hydrogens (tertiary/aromatic N) is 3. The molecule has 0 amide bonds. The van der Waals surface area contributed by atoms with Gasteiger partial charge < -0.3 is 10.2 Å². The lowest BCUT2D eigenvalue weighted by Gasteiger charge is -1.97. The van der Waals surface area contributed by atoms with E-state index in [1.807, 2.05) is 0 Å². The smallest absolute Gasteiger partial charge is 0.255 e. The second-order valence-corrected chi connectivity index (χ2v) is 3.41. The molecule has 0 spiro atoms. The van der Waals surface area contributed by atoms with Gasteiger partial charge in [0.15, 0.2) is 0 Å². The van der Waals surface area contributed by atoms with Crippen LogP contribution in [0.5, 0.6) is 0 Å². The molecule has 2 aromatic rings. The fraction of sp³-hybridized carbons (Fsp3) is 0.125. The number of thioether (sulfide) groups is 1. The zero-order chi connectivity index (χ0) is 9.80. The summed E-state index contributed by atoms with van der Waals surface area (Å²) in [6.45, 7) is 0. The molecule has 2 heterocycles. The summed E-state index contributed by atoms with van der Waals surface area (Å²) in [5.41, 5.74) is 5.51. The Balaban J connectivity index is 1.98. The highest BCUT2D eigenvalue weighted by Crippen LogP contribution is 2.18. The standard InChI is InChI=1S/C8H8N4OS/c9-6-1-2-10-7(12-6)5-14-8-11-3-4-13-8/h1-4H,5H2,(H2,9,10,12). The highest BCUT2D eigenvalue weighted by molar-refractivity contribution is 7.98. The Morgan fingerprint density at radius 2 is 2.29 bits per heavy atom. The number of nitrogen functional groups attached to an aromatic ring is 1. The molecule has 0 atom stereocenters. The largest absolute Gasteiger partial charge is 0.440 e. The molecule has 5 nitrogen and oxygen atoms in total. The SMILES string of the molecule is Nc1ccnc(CSc2ncco2)n1. The first-order valence-electron chi connectivity index (χ1n) is 3.94. The first-order chi connectivity index (χ1) is 6.84. The summed E-state index contributed by atoms with van der Waals surface area (Å²) in [4.78, 5) is 12.1. The van der Waals surface area contributed by atoms with Crippen LogP contribution in [-0.4, -0.2) is 15.0 Å². The molecule has 0 bridgehead atoms. The molecule has 72 valence electrons. The summed E-state index contributed by atoms with van der Waals surface area (Å²) in [5.74, 6) is 1.75. The molecule has 0 radical (unpaired) electrons. The van der Waals surface area contributed by atoms with Crippen molar-refractivity contribution in [3.05, 3.63) is 30.5 Å². The highest BCUT2D eigenvalue weighted by Gasteiger charge is 2.01. The Bertz CT molecular complexity index is 403. The van der Waals surface area contributed by atoms with Crippen LogP contribution in [0.15, 0.2) is 34.4 Å². The Morgan fingerprint density at radius 3 is 3.00 bits per heavy atom. The van der Waals surface area contributed by atoms with Crippen molar-refractivity contribution in [2.75, 3.05) is 5.73 Å². The molecular formula is C8H8N4OS. The lowest BCUT2D eigenvalue weighted by Crippen LogP contribution is -1.96. The molecule has 0 saturated heterocycles. The predicted molar refractivity (Wildman–Crippen MR) is 52.5 cm³/mol. The van der Waals surface area contributed by atoms with Crippen molar-refractivity contribution in [2.45, 2.75) is 11.0 Å². The summed E-state index contributed by atoms with van der Waals surface area (Å²) >= 11 is 1.43. The molecule has 6 heteroatoms. The van der Waals surface area contributed by atoms with E-state index in [0.717, 1.165) is 0 Å². The maximum Gasteiger partial charge on any atom is 0.255 e. The molecule has 0 saturated carbocycles. The summed E-state index contributed by atoms with van der Waals surface area (Å²) in [5, 5.41) is 0.607. The molecule has 2 rings (SSSR count). The second kappa shape index (κ2) is 4.10. The molecule has 0 aliphatic rings. The quantitative estimate of drug-likeness (QED) is 0.767. The minimum absolute atomic E-state index is 0.475. The first kappa shape index (κ1) is 9.01. The van der Waals surface area contributed by atoms with Gasteiger partial charge >= 0.3 is 0 Å². The summed E-state index contributed by atoms with van der Waals surface area (Å²) < 4.78 is 5.05. The molecule has 0 aromatic carbocycles. The van der Waals surface area contributed by atoms with Gasteiger partial charge in [-0.1, -0.05) is 11.8 Å². The number of aromatic nitrogens is 3. The van der Waals surface area contributed by atoms with E-state index in [1.165, 1.54) is 18.0 Å². The monoisotopic (exact) mass is 208 g/mol. The van der Waals surface area contributed by atoms with Gasteiger partial charge in [0.25, 0.3) is 5.22 Å². The van der Waals surface area contributed by atoms with E-state index < -0.39 is 0 Å². The van der Waals surface area contributed by atoms with Gasteiger partial charge in [-0.25, -0.2) is 15.0 Å². The molecule has 0 fully saturated rings. The Labute approximate surface area is 84.8 Å². The van der Waals surface area contributed by atoms with Gasteiger partial charge in [-0.2, -0.15) is 0 Å². The predicted octanol–water partition coefficient (Wildman–Crippen LogP) is 1.34. The molecule has 0 unspecified atom stereocenters. The summed E-state index contributed by atoms with van der Waals surface area (Å²) in [6.07, 6.45) is 4.76. The van der Waals surface area contributed by atoms with E-state index in [9.17, 15) is 0 Å². The number of oxazole rings is 1. The maximum atomic E-state index is 5.51. The number of rotatable bonds is 3. The highest BCUT2D eigenvalue weighted by atomic mass is 32.2. The third kappa shape index (κ3) is 2.23. The summed E-state index contributed by atoms with van der Waals surface area (Å²) in [6, 6.07) is 1.65. The van der Waals surface area contributed by atoms with Crippen molar-refractivity contribution in [2.24, 2.45) is 0 Å². The van der Waals surface area contributed by atoms with E-state index in [-0.39, 0.29) is 0 Å².